The summed E-state index contributed by atoms with van der Waals surface area (Å²) in [5, 5.41) is 18.7. The number of likely N-dealkylation sites (tertiary alicyclic amines) is 2. The van der Waals surface area contributed by atoms with Gasteiger partial charge in [-0.15, -0.1) is 0 Å². The summed E-state index contributed by atoms with van der Waals surface area (Å²) in [6.07, 6.45) is 1.99. The number of nitrogens with zero attached hydrogens (tertiary/aromatic N) is 3. The molecule has 2 saturated heterocycles. The van der Waals surface area contributed by atoms with Crippen LogP contribution in [-0.4, -0.2) is 52.1 Å². The molecule has 0 aliphatic carbocycles. The van der Waals surface area contributed by atoms with E-state index in [1.165, 1.54) is 5.56 Å². The number of aliphatic hydroxyl groups is 1. The Labute approximate surface area is 130 Å². The Kier molecular flexibility index (Phi) is 4.14. The lowest BCUT2D eigenvalue weighted by molar-refractivity contribution is -0.159. The monoisotopic (exact) mass is 299 g/mol. The predicted octanol–water partition coefficient (Wildman–Crippen LogP) is 1.14. The Morgan fingerprint density at radius 1 is 1.36 bits per heavy atom. The first-order chi connectivity index (χ1) is 10.6. The summed E-state index contributed by atoms with van der Waals surface area (Å²) >= 11 is 0. The Balaban J connectivity index is 1.59. The molecule has 1 atom stereocenters. The van der Waals surface area contributed by atoms with Crippen LogP contribution in [0.4, 0.5) is 0 Å². The SMILES string of the molecule is N#CCC1(O)CN(C(=O)[C@H]2CCCN2Cc2ccccc2)C1. The molecule has 0 bridgehead atoms. The molecule has 3 rings (SSSR count). The Morgan fingerprint density at radius 2 is 2.09 bits per heavy atom. The van der Waals surface area contributed by atoms with Gasteiger partial charge in [-0.3, -0.25) is 9.69 Å². The van der Waals surface area contributed by atoms with Crippen molar-refractivity contribution in [2.75, 3.05) is 19.6 Å². The van der Waals surface area contributed by atoms with Gasteiger partial charge in [-0.1, -0.05) is 30.3 Å². The van der Waals surface area contributed by atoms with Crippen molar-refractivity contribution >= 4 is 5.91 Å². The third-order valence-corrected chi connectivity index (χ3v) is 4.57. The lowest BCUT2D eigenvalue weighted by Crippen LogP contribution is -2.65. The fourth-order valence-corrected chi connectivity index (χ4v) is 3.40. The van der Waals surface area contributed by atoms with Crippen LogP contribution in [0.3, 0.4) is 0 Å². The minimum atomic E-state index is -0.993. The van der Waals surface area contributed by atoms with Gasteiger partial charge in [0.1, 0.15) is 5.60 Å². The molecule has 0 aromatic heterocycles. The molecule has 1 aromatic carbocycles. The van der Waals surface area contributed by atoms with Crippen molar-refractivity contribution in [3.8, 4) is 6.07 Å². The van der Waals surface area contributed by atoms with Gasteiger partial charge in [0.25, 0.3) is 0 Å². The van der Waals surface area contributed by atoms with E-state index in [0.29, 0.717) is 0 Å². The lowest BCUT2D eigenvalue weighted by Gasteiger charge is -2.46. The molecule has 2 fully saturated rings. The fraction of sp³-hybridized carbons (Fsp3) is 0.529. The third kappa shape index (κ3) is 2.99. The zero-order valence-electron chi connectivity index (χ0n) is 12.6. The van der Waals surface area contributed by atoms with Gasteiger partial charge in [-0.25, -0.2) is 0 Å². The van der Waals surface area contributed by atoms with E-state index in [1.54, 1.807) is 4.90 Å². The smallest absolute Gasteiger partial charge is 0.240 e. The van der Waals surface area contributed by atoms with E-state index < -0.39 is 5.60 Å². The lowest BCUT2D eigenvalue weighted by atomic mass is 9.90. The first-order valence-electron chi connectivity index (χ1n) is 7.77. The van der Waals surface area contributed by atoms with Crippen molar-refractivity contribution in [1.29, 1.82) is 5.26 Å². The number of β-amino-alcohol motifs (C(OH)–C–C–N with tert-alkyl or cyclic N) is 1. The minimum absolute atomic E-state index is 0.0909. The number of hydrogen-bond donors (Lipinski definition) is 1. The van der Waals surface area contributed by atoms with Crippen LogP contribution in [0.2, 0.25) is 0 Å². The molecule has 2 aliphatic heterocycles. The van der Waals surface area contributed by atoms with E-state index >= 15 is 0 Å². The van der Waals surface area contributed by atoms with Crippen LogP contribution in [0, 0.1) is 11.3 Å². The van der Waals surface area contributed by atoms with Gasteiger partial charge in [0, 0.05) is 6.54 Å². The second-order valence-corrected chi connectivity index (χ2v) is 6.37. The largest absolute Gasteiger partial charge is 0.385 e. The van der Waals surface area contributed by atoms with E-state index in [2.05, 4.69) is 17.0 Å². The van der Waals surface area contributed by atoms with Gasteiger partial charge >= 0.3 is 0 Å². The van der Waals surface area contributed by atoms with Crippen LogP contribution >= 0.6 is 0 Å². The van der Waals surface area contributed by atoms with Crippen LogP contribution in [0.15, 0.2) is 30.3 Å². The zero-order chi connectivity index (χ0) is 15.6. The predicted molar refractivity (Wildman–Crippen MR) is 81.6 cm³/mol. The van der Waals surface area contributed by atoms with Gasteiger partial charge in [-0.05, 0) is 24.9 Å². The van der Waals surface area contributed by atoms with Gasteiger partial charge in [0.05, 0.1) is 31.6 Å². The van der Waals surface area contributed by atoms with Gasteiger partial charge < -0.3 is 10.0 Å². The van der Waals surface area contributed by atoms with Crippen LogP contribution in [0.25, 0.3) is 0 Å². The standard InChI is InChI=1S/C17H21N3O2/c18-9-8-17(22)12-20(13-17)16(21)15-7-4-10-19(15)11-14-5-2-1-3-6-14/h1-3,5-6,15,22H,4,7-8,10-13H2/t15-/m1/s1. The molecule has 0 spiro atoms. The van der Waals surface area contributed by atoms with Crippen molar-refractivity contribution in [3.63, 3.8) is 0 Å². The summed E-state index contributed by atoms with van der Waals surface area (Å²) < 4.78 is 0. The maximum Gasteiger partial charge on any atom is 0.240 e. The summed E-state index contributed by atoms with van der Waals surface area (Å²) in [5.41, 5.74) is 0.222. The number of hydrogen-bond acceptors (Lipinski definition) is 4. The Bertz CT molecular complexity index is 575. The van der Waals surface area contributed by atoms with Crippen molar-refractivity contribution < 1.29 is 9.90 Å². The molecule has 1 aromatic rings. The molecule has 0 radical (unpaired) electrons. The summed E-state index contributed by atoms with van der Waals surface area (Å²) in [7, 11) is 0. The number of carbonyl (C=O) groups excluding carboxylic acids is 1. The van der Waals surface area contributed by atoms with E-state index in [-0.39, 0.29) is 31.5 Å². The molecule has 0 saturated carbocycles. The van der Waals surface area contributed by atoms with Crippen LogP contribution < -0.4 is 0 Å². The number of rotatable bonds is 4. The normalized spacial score (nSPS) is 23.8. The highest BCUT2D eigenvalue weighted by atomic mass is 16.3. The quantitative estimate of drug-likeness (QED) is 0.905. The number of benzene rings is 1. The molecule has 1 N–H and O–H groups in total. The van der Waals surface area contributed by atoms with Crippen molar-refractivity contribution in [2.45, 2.75) is 37.5 Å². The summed E-state index contributed by atoms with van der Waals surface area (Å²) in [5.74, 6) is 0.0936. The number of amides is 1. The number of carbonyl (C=O) groups is 1. The minimum Gasteiger partial charge on any atom is -0.385 e. The van der Waals surface area contributed by atoms with Crippen molar-refractivity contribution in [1.82, 2.24) is 9.80 Å². The van der Waals surface area contributed by atoms with Crippen LogP contribution in [0.1, 0.15) is 24.8 Å². The molecule has 2 heterocycles. The van der Waals surface area contributed by atoms with E-state index in [0.717, 1.165) is 25.9 Å². The molecule has 5 nitrogen and oxygen atoms in total. The van der Waals surface area contributed by atoms with Gasteiger partial charge in [0.15, 0.2) is 0 Å². The fourth-order valence-electron chi connectivity index (χ4n) is 3.40. The molecule has 116 valence electrons. The summed E-state index contributed by atoms with van der Waals surface area (Å²) in [4.78, 5) is 16.5. The van der Waals surface area contributed by atoms with Gasteiger partial charge in [0.2, 0.25) is 5.91 Å². The van der Waals surface area contributed by atoms with E-state index in [4.69, 9.17) is 5.26 Å². The first-order valence-corrected chi connectivity index (χ1v) is 7.77. The van der Waals surface area contributed by atoms with Crippen molar-refractivity contribution in [2.24, 2.45) is 0 Å². The average Bonchev–Trinajstić information content (AvgIpc) is 2.93. The summed E-state index contributed by atoms with van der Waals surface area (Å²) in [6, 6.07) is 12.1. The zero-order valence-corrected chi connectivity index (χ0v) is 12.6. The summed E-state index contributed by atoms with van der Waals surface area (Å²) in [6.45, 7) is 2.29. The highest BCUT2D eigenvalue weighted by Crippen LogP contribution is 2.28. The average molecular weight is 299 g/mol. The molecule has 0 unspecified atom stereocenters. The Hall–Kier alpha value is -1.90. The van der Waals surface area contributed by atoms with Gasteiger partial charge in [-0.2, -0.15) is 5.26 Å². The van der Waals surface area contributed by atoms with Crippen LogP contribution in [0.5, 0.6) is 0 Å². The molecule has 1 amide bonds. The highest BCUT2D eigenvalue weighted by molar-refractivity contribution is 5.83. The van der Waals surface area contributed by atoms with Crippen molar-refractivity contribution in [3.05, 3.63) is 35.9 Å². The highest BCUT2D eigenvalue weighted by Gasteiger charge is 2.46. The molecule has 2 aliphatic rings. The first kappa shape index (κ1) is 15.0. The number of nitriles is 1. The topological polar surface area (TPSA) is 67.6 Å². The molecule has 5 heteroatoms. The molecular formula is C17H21N3O2. The Morgan fingerprint density at radius 3 is 2.77 bits per heavy atom. The molecule has 22 heavy (non-hydrogen) atoms. The third-order valence-electron chi connectivity index (χ3n) is 4.57. The maximum absolute atomic E-state index is 12.6. The molecular weight excluding hydrogens is 278 g/mol. The van der Waals surface area contributed by atoms with E-state index in [9.17, 15) is 9.90 Å². The maximum atomic E-state index is 12.6. The second-order valence-electron chi connectivity index (χ2n) is 6.37. The second kappa shape index (κ2) is 6.07. The van der Waals surface area contributed by atoms with Crippen LogP contribution in [-0.2, 0) is 11.3 Å². The van der Waals surface area contributed by atoms with E-state index in [1.807, 2.05) is 24.3 Å².